The summed E-state index contributed by atoms with van der Waals surface area (Å²) in [4.78, 5) is 21.6. The van der Waals surface area contributed by atoms with Gasteiger partial charge in [0.15, 0.2) is 0 Å². The van der Waals surface area contributed by atoms with Crippen LogP contribution in [0.3, 0.4) is 0 Å². The molecule has 92 valence electrons. The molecular formula is C10H11ClN2O4. The summed E-state index contributed by atoms with van der Waals surface area (Å²) in [6, 6.07) is 4.03. The van der Waals surface area contributed by atoms with Gasteiger partial charge in [0, 0.05) is 19.2 Å². The Labute approximate surface area is 102 Å². The number of halogens is 1. The Kier molecular flexibility index (Phi) is 4.86. The average molecular weight is 259 g/mol. The number of aliphatic hydroxyl groups is 1. The van der Waals surface area contributed by atoms with Crippen molar-refractivity contribution in [3.05, 3.63) is 38.9 Å². The summed E-state index contributed by atoms with van der Waals surface area (Å²) in [5.74, 6) is -0.493. The van der Waals surface area contributed by atoms with Crippen LogP contribution in [-0.4, -0.2) is 29.1 Å². The van der Waals surface area contributed by atoms with E-state index in [-0.39, 0.29) is 29.4 Å². The van der Waals surface area contributed by atoms with Gasteiger partial charge >= 0.3 is 0 Å². The van der Waals surface area contributed by atoms with Crippen LogP contribution >= 0.6 is 11.6 Å². The van der Waals surface area contributed by atoms with Crippen molar-refractivity contribution in [2.24, 2.45) is 0 Å². The summed E-state index contributed by atoms with van der Waals surface area (Å²) in [6.07, 6.45) is 0.415. The van der Waals surface area contributed by atoms with Gasteiger partial charge < -0.3 is 10.4 Å². The Hall–Kier alpha value is -1.66. The number of aliphatic hydroxyl groups excluding tert-OH is 1. The molecule has 0 radical (unpaired) electrons. The maximum atomic E-state index is 11.6. The fraction of sp³-hybridized carbons (Fsp3) is 0.300. The summed E-state index contributed by atoms with van der Waals surface area (Å²) in [6.45, 7) is 0.247. The van der Waals surface area contributed by atoms with Gasteiger partial charge in [0.25, 0.3) is 11.6 Å². The lowest BCUT2D eigenvalue weighted by molar-refractivity contribution is -0.384. The number of nitro groups is 1. The van der Waals surface area contributed by atoms with E-state index in [1.54, 1.807) is 0 Å². The molecule has 0 fully saturated rings. The Morgan fingerprint density at radius 1 is 1.53 bits per heavy atom. The van der Waals surface area contributed by atoms with Gasteiger partial charge in [0.05, 0.1) is 10.5 Å². The SMILES string of the molecule is O=C(NCCCO)c1cccc([N+](=O)[O-])c1Cl. The quantitative estimate of drug-likeness (QED) is 0.474. The number of nitro benzene ring substituents is 1. The average Bonchev–Trinajstić information content (AvgIpc) is 2.29. The van der Waals surface area contributed by atoms with Crippen LogP contribution in [0.4, 0.5) is 5.69 Å². The second-order valence-corrected chi connectivity index (χ2v) is 3.61. The molecule has 0 aliphatic rings. The first-order chi connectivity index (χ1) is 8.07. The maximum absolute atomic E-state index is 11.6. The smallest absolute Gasteiger partial charge is 0.288 e. The Morgan fingerprint density at radius 3 is 2.82 bits per heavy atom. The van der Waals surface area contributed by atoms with Gasteiger partial charge in [-0.15, -0.1) is 0 Å². The molecule has 0 unspecified atom stereocenters. The van der Waals surface area contributed by atoms with E-state index in [2.05, 4.69) is 5.32 Å². The predicted molar refractivity (Wildman–Crippen MR) is 62.1 cm³/mol. The molecule has 7 heteroatoms. The highest BCUT2D eigenvalue weighted by Crippen LogP contribution is 2.27. The van der Waals surface area contributed by atoms with E-state index in [0.29, 0.717) is 6.42 Å². The number of nitrogens with zero attached hydrogens (tertiary/aromatic N) is 1. The molecule has 0 saturated heterocycles. The van der Waals surface area contributed by atoms with E-state index in [1.807, 2.05) is 0 Å². The Morgan fingerprint density at radius 2 is 2.24 bits per heavy atom. The van der Waals surface area contributed by atoms with Gasteiger partial charge in [0.1, 0.15) is 5.02 Å². The topological polar surface area (TPSA) is 92.5 Å². The van der Waals surface area contributed by atoms with Crippen LogP contribution in [0.1, 0.15) is 16.8 Å². The van der Waals surface area contributed by atoms with Gasteiger partial charge in [-0.2, -0.15) is 0 Å². The maximum Gasteiger partial charge on any atom is 0.288 e. The molecular weight excluding hydrogens is 248 g/mol. The van der Waals surface area contributed by atoms with Crippen LogP contribution in [0.25, 0.3) is 0 Å². The highest BCUT2D eigenvalue weighted by Gasteiger charge is 2.19. The zero-order valence-electron chi connectivity index (χ0n) is 8.85. The molecule has 1 aromatic rings. The molecule has 2 N–H and O–H groups in total. The second kappa shape index (κ2) is 6.17. The molecule has 1 rings (SSSR count). The van der Waals surface area contributed by atoms with E-state index >= 15 is 0 Å². The van der Waals surface area contributed by atoms with Crippen molar-refractivity contribution in [3.63, 3.8) is 0 Å². The van der Waals surface area contributed by atoms with Crippen LogP contribution in [0.5, 0.6) is 0 Å². The third kappa shape index (κ3) is 3.40. The number of hydrogen-bond donors (Lipinski definition) is 2. The van der Waals surface area contributed by atoms with Crippen molar-refractivity contribution < 1.29 is 14.8 Å². The van der Waals surface area contributed by atoms with Gasteiger partial charge in [-0.25, -0.2) is 0 Å². The van der Waals surface area contributed by atoms with Crippen LogP contribution < -0.4 is 5.32 Å². The molecule has 0 aliphatic heterocycles. The first-order valence-electron chi connectivity index (χ1n) is 4.90. The second-order valence-electron chi connectivity index (χ2n) is 3.23. The highest BCUT2D eigenvalue weighted by molar-refractivity contribution is 6.35. The fourth-order valence-corrected chi connectivity index (χ4v) is 1.49. The van der Waals surface area contributed by atoms with Crippen LogP contribution in [-0.2, 0) is 0 Å². The van der Waals surface area contributed by atoms with E-state index in [4.69, 9.17) is 16.7 Å². The fourth-order valence-electron chi connectivity index (χ4n) is 1.21. The van der Waals surface area contributed by atoms with Crippen molar-refractivity contribution in [2.45, 2.75) is 6.42 Å². The normalized spacial score (nSPS) is 10.0. The number of rotatable bonds is 5. The third-order valence-corrected chi connectivity index (χ3v) is 2.44. The number of nitrogens with one attached hydrogen (secondary N) is 1. The molecule has 0 heterocycles. The Bertz CT molecular complexity index is 436. The minimum Gasteiger partial charge on any atom is -0.396 e. The molecule has 0 bridgehead atoms. The molecule has 17 heavy (non-hydrogen) atoms. The summed E-state index contributed by atoms with van der Waals surface area (Å²) < 4.78 is 0. The van der Waals surface area contributed by atoms with Crippen molar-refractivity contribution in [1.82, 2.24) is 5.32 Å². The van der Waals surface area contributed by atoms with Gasteiger partial charge in [0.2, 0.25) is 0 Å². The van der Waals surface area contributed by atoms with Crippen molar-refractivity contribution >= 4 is 23.2 Å². The predicted octanol–water partition coefficient (Wildman–Crippen LogP) is 1.36. The van der Waals surface area contributed by atoms with E-state index in [0.717, 1.165) is 0 Å². The summed E-state index contributed by atoms with van der Waals surface area (Å²) in [5, 5.41) is 21.5. The first-order valence-corrected chi connectivity index (χ1v) is 5.27. The zero-order chi connectivity index (χ0) is 12.8. The van der Waals surface area contributed by atoms with Gasteiger partial charge in [-0.3, -0.25) is 14.9 Å². The number of carbonyl (C=O) groups is 1. The number of carbonyl (C=O) groups excluding carboxylic acids is 1. The molecule has 0 aliphatic carbocycles. The van der Waals surface area contributed by atoms with Crippen molar-refractivity contribution in [3.8, 4) is 0 Å². The molecule has 6 nitrogen and oxygen atoms in total. The van der Waals surface area contributed by atoms with Gasteiger partial charge in [-0.1, -0.05) is 17.7 Å². The molecule has 0 aromatic heterocycles. The number of hydrogen-bond acceptors (Lipinski definition) is 4. The van der Waals surface area contributed by atoms with Crippen LogP contribution in [0.2, 0.25) is 5.02 Å². The Balaban J connectivity index is 2.87. The minimum atomic E-state index is -0.646. The summed E-state index contributed by atoms with van der Waals surface area (Å²) >= 11 is 5.76. The third-order valence-electron chi connectivity index (χ3n) is 2.04. The molecule has 0 saturated carbocycles. The molecule has 0 atom stereocenters. The number of benzene rings is 1. The molecule has 1 amide bonds. The van der Waals surface area contributed by atoms with E-state index in [9.17, 15) is 14.9 Å². The van der Waals surface area contributed by atoms with Crippen molar-refractivity contribution in [2.75, 3.05) is 13.2 Å². The minimum absolute atomic E-state index is 0.0387. The van der Waals surface area contributed by atoms with Gasteiger partial charge in [-0.05, 0) is 12.5 Å². The number of amides is 1. The van der Waals surface area contributed by atoms with E-state index in [1.165, 1.54) is 18.2 Å². The summed E-state index contributed by atoms with van der Waals surface area (Å²) in [7, 11) is 0. The van der Waals surface area contributed by atoms with Crippen molar-refractivity contribution in [1.29, 1.82) is 0 Å². The standard InChI is InChI=1S/C10H11ClN2O4/c11-9-7(10(15)12-5-2-6-14)3-1-4-8(9)13(16)17/h1,3-4,14H,2,5-6H2,(H,12,15). The van der Waals surface area contributed by atoms with E-state index < -0.39 is 10.8 Å². The first kappa shape index (κ1) is 13.4. The lowest BCUT2D eigenvalue weighted by Gasteiger charge is -2.05. The lowest BCUT2D eigenvalue weighted by Crippen LogP contribution is -2.25. The monoisotopic (exact) mass is 258 g/mol. The lowest BCUT2D eigenvalue weighted by atomic mass is 10.2. The highest BCUT2D eigenvalue weighted by atomic mass is 35.5. The zero-order valence-corrected chi connectivity index (χ0v) is 9.61. The van der Waals surface area contributed by atoms with Crippen LogP contribution in [0.15, 0.2) is 18.2 Å². The largest absolute Gasteiger partial charge is 0.396 e. The molecule has 1 aromatic carbocycles. The summed E-state index contributed by atoms with van der Waals surface area (Å²) in [5.41, 5.74) is -0.250. The molecule has 0 spiro atoms. The van der Waals surface area contributed by atoms with Crippen LogP contribution in [0, 0.1) is 10.1 Å².